The van der Waals surface area contributed by atoms with Crippen LogP contribution in [0.15, 0.2) is 12.2 Å². The summed E-state index contributed by atoms with van der Waals surface area (Å²) in [7, 11) is 0. The maximum atomic E-state index is 11.0. The molecule has 0 aliphatic heterocycles. The van der Waals surface area contributed by atoms with Crippen molar-refractivity contribution in [1.29, 1.82) is 0 Å². The van der Waals surface area contributed by atoms with Gasteiger partial charge in [0.25, 0.3) is 0 Å². The summed E-state index contributed by atoms with van der Waals surface area (Å²) in [4.78, 5) is 21.7. The molecule has 13 heavy (non-hydrogen) atoms. The van der Waals surface area contributed by atoms with E-state index in [9.17, 15) is 9.59 Å². The Morgan fingerprint density at radius 2 is 1.85 bits per heavy atom. The van der Waals surface area contributed by atoms with Crippen molar-refractivity contribution < 1.29 is 9.59 Å². The third-order valence-corrected chi connectivity index (χ3v) is 2.39. The highest BCUT2D eigenvalue weighted by atomic mass is 16.1. The first kappa shape index (κ1) is 9.77. The lowest BCUT2D eigenvalue weighted by atomic mass is 9.80. The summed E-state index contributed by atoms with van der Waals surface area (Å²) < 4.78 is 0. The van der Waals surface area contributed by atoms with Gasteiger partial charge in [0.1, 0.15) is 0 Å². The highest BCUT2D eigenvalue weighted by molar-refractivity contribution is 5.79. The van der Waals surface area contributed by atoms with Crippen molar-refractivity contribution in [2.45, 2.75) is 19.3 Å². The van der Waals surface area contributed by atoms with E-state index in [4.69, 9.17) is 11.5 Å². The second-order valence-corrected chi connectivity index (χ2v) is 3.38. The number of primary amides is 2. The highest BCUT2D eigenvalue weighted by Crippen LogP contribution is 2.27. The molecule has 1 rings (SSSR count). The lowest BCUT2D eigenvalue weighted by Crippen LogP contribution is -2.33. The van der Waals surface area contributed by atoms with Crippen LogP contribution in [0.1, 0.15) is 19.3 Å². The average molecular weight is 182 g/mol. The van der Waals surface area contributed by atoms with Crippen molar-refractivity contribution in [3.8, 4) is 0 Å². The predicted octanol–water partition coefficient (Wildman–Crippen LogP) is -0.0705. The van der Waals surface area contributed by atoms with Gasteiger partial charge in [-0.25, -0.2) is 0 Å². The summed E-state index contributed by atoms with van der Waals surface area (Å²) in [6, 6.07) is 0. The molecular formula is C9H14N2O2. The van der Waals surface area contributed by atoms with E-state index >= 15 is 0 Å². The Kier molecular flexibility index (Phi) is 3.06. The monoisotopic (exact) mass is 182 g/mol. The molecule has 2 atom stereocenters. The molecular weight excluding hydrogens is 168 g/mol. The first-order valence-electron chi connectivity index (χ1n) is 4.34. The lowest BCUT2D eigenvalue weighted by Gasteiger charge is -2.24. The van der Waals surface area contributed by atoms with Crippen LogP contribution in [-0.2, 0) is 9.59 Å². The molecule has 72 valence electrons. The number of allylic oxidation sites excluding steroid dienone is 2. The van der Waals surface area contributed by atoms with Gasteiger partial charge < -0.3 is 11.5 Å². The number of rotatable bonds is 3. The van der Waals surface area contributed by atoms with Crippen LogP contribution < -0.4 is 11.5 Å². The number of carbonyl (C=O) groups excluding carboxylic acids is 2. The van der Waals surface area contributed by atoms with Crippen molar-refractivity contribution in [3.05, 3.63) is 12.2 Å². The Balaban J connectivity index is 2.63. The smallest absolute Gasteiger partial charge is 0.221 e. The van der Waals surface area contributed by atoms with Crippen LogP contribution in [0.5, 0.6) is 0 Å². The van der Waals surface area contributed by atoms with Gasteiger partial charge in [0.15, 0.2) is 0 Å². The second-order valence-electron chi connectivity index (χ2n) is 3.38. The van der Waals surface area contributed by atoms with Crippen molar-refractivity contribution in [2.24, 2.45) is 23.3 Å². The van der Waals surface area contributed by atoms with Crippen LogP contribution in [0, 0.1) is 11.8 Å². The molecule has 0 fully saturated rings. The normalized spacial score (nSPS) is 27.1. The van der Waals surface area contributed by atoms with Gasteiger partial charge in [0, 0.05) is 12.3 Å². The molecule has 2 unspecified atom stereocenters. The zero-order chi connectivity index (χ0) is 9.84. The van der Waals surface area contributed by atoms with E-state index in [1.54, 1.807) is 0 Å². The minimum atomic E-state index is -0.369. The van der Waals surface area contributed by atoms with E-state index in [1.807, 2.05) is 12.2 Å². The zero-order valence-electron chi connectivity index (χ0n) is 7.40. The molecule has 4 heteroatoms. The molecule has 4 N–H and O–H groups in total. The fourth-order valence-electron chi connectivity index (χ4n) is 1.70. The third kappa shape index (κ3) is 2.57. The van der Waals surface area contributed by atoms with Crippen LogP contribution in [-0.4, -0.2) is 11.8 Å². The van der Waals surface area contributed by atoms with Gasteiger partial charge in [-0.15, -0.1) is 0 Å². The van der Waals surface area contributed by atoms with Gasteiger partial charge in [-0.3, -0.25) is 9.59 Å². The highest BCUT2D eigenvalue weighted by Gasteiger charge is 2.27. The quantitative estimate of drug-likeness (QED) is 0.598. The van der Waals surface area contributed by atoms with Gasteiger partial charge in [-0.1, -0.05) is 12.2 Å². The van der Waals surface area contributed by atoms with Crippen molar-refractivity contribution in [3.63, 3.8) is 0 Å². The summed E-state index contributed by atoms with van der Waals surface area (Å²) in [5, 5.41) is 0. The number of carbonyl (C=O) groups is 2. The lowest BCUT2D eigenvalue weighted by molar-refractivity contribution is -0.124. The van der Waals surface area contributed by atoms with Crippen LogP contribution in [0.2, 0.25) is 0 Å². The summed E-state index contributed by atoms with van der Waals surface area (Å²) in [6.45, 7) is 0. The van der Waals surface area contributed by atoms with E-state index in [1.165, 1.54) is 0 Å². The van der Waals surface area contributed by atoms with E-state index in [0.717, 1.165) is 6.42 Å². The van der Waals surface area contributed by atoms with Gasteiger partial charge in [0.2, 0.25) is 11.8 Å². The Morgan fingerprint density at radius 3 is 2.38 bits per heavy atom. The summed E-state index contributed by atoms with van der Waals surface area (Å²) in [5.74, 6) is -0.931. The Hall–Kier alpha value is -1.32. The number of hydrogen-bond acceptors (Lipinski definition) is 2. The molecule has 0 saturated heterocycles. The van der Waals surface area contributed by atoms with Crippen LogP contribution >= 0.6 is 0 Å². The predicted molar refractivity (Wildman–Crippen MR) is 48.4 cm³/mol. The van der Waals surface area contributed by atoms with E-state index < -0.39 is 0 Å². The first-order valence-corrected chi connectivity index (χ1v) is 4.34. The SMILES string of the molecule is NC(=O)CC1CC=CCC1C(N)=O. The van der Waals surface area contributed by atoms with Crippen molar-refractivity contribution >= 4 is 11.8 Å². The topological polar surface area (TPSA) is 86.2 Å². The molecule has 0 spiro atoms. The molecule has 1 aliphatic carbocycles. The number of amides is 2. The van der Waals surface area contributed by atoms with Crippen molar-refractivity contribution in [1.82, 2.24) is 0 Å². The first-order chi connectivity index (χ1) is 6.11. The van der Waals surface area contributed by atoms with Gasteiger partial charge >= 0.3 is 0 Å². The number of hydrogen-bond donors (Lipinski definition) is 2. The maximum Gasteiger partial charge on any atom is 0.221 e. The van der Waals surface area contributed by atoms with Gasteiger partial charge in [0.05, 0.1) is 0 Å². The fourth-order valence-corrected chi connectivity index (χ4v) is 1.70. The van der Waals surface area contributed by atoms with Gasteiger partial charge in [-0.2, -0.15) is 0 Å². The van der Waals surface area contributed by atoms with Crippen LogP contribution in [0.25, 0.3) is 0 Å². The van der Waals surface area contributed by atoms with Crippen molar-refractivity contribution in [2.75, 3.05) is 0 Å². The van der Waals surface area contributed by atoms with E-state index in [2.05, 4.69) is 0 Å². The molecule has 1 aliphatic rings. The average Bonchev–Trinajstić information content (AvgIpc) is 2.03. The Labute approximate surface area is 77.0 Å². The second kappa shape index (κ2) is 4.07. The largest absolute Gasteiger partial charge is 0.370 e. The van der Waals surface area contributed by atoms with E-state index in [0.29, 0.717) is 6.42 Å². The van der Waals surface area contributed by atoms with Crippen LogP contribution in [0.4, 0.5) is 0 Å². The standard InChI is InChI=1S/C9H14N2O2/c10-8(12)5-6-3-1-2-4-7(6)9(11)13/h1-2,6-7H,3-5H2,(H2,10,12)(H2,11,13). The molecule has 0 aromatic carbocycles. The van der Waals surface area contributed by atoms with E-state index in [-0.39, 0.29) is 30.1 Å². The minimum Gasteiger partial charge on any atom is -0.370 e. The summed E-state index contributed by atoms with van der Waals surface area (Å²) in [6.07, 6.45) is 5.49. The molecule has 0 aromatic rings. The minimum absolute atomic E-state index is 0.000000000000000444. The van der Waals surface area contributed by atoms with Crippen LogP contribution in [0.3, 0.4) is 0 Å². The maximum absolute atomic E-state index is 11.0. The molecule has 0 heterocycles. The molecule has 0 radical (unpaired) electrons. The fraction of sp³-hybridized carbons (Fsp3) is 0.556. The zero-order valence-corrected chi connectivity index (χ0v) is 7.40. The number of nitrogens with two attached hydrogens (primary N) is 2. The molecule has 2 amide bonds. The Bertz CT molecular complexity index is 248. The molecule has 0 saturated carbocycles. The molecule has 4 nitrogen and oxygen atoms in total. The summed E-state index contributed by atoms with van der Waals surface area (Å²) >= 11 is 0. The Morgan fingerprint density at radius 1 is 1.23 bits per heavy atom. The third-order valence-electron chi connectivity index (χ3n) is 2.39. The molecule has 0 aromatic heterocycles. The van der Waals surface area contributed by atoms with Gasteiger partial charge in [-0.05, 0) is 18.8 Å². The summed E-state index contributed by atoms with van der Waals surface area (Å²) in [5.41, 5.74) is 10.3. The molecule has 0 bridgehead atoms.